The van der Waals surface area contributed by atoms with Crippen LogP contribution in [-0.4, -0.2) is 20.6 Å². The molecule has 5 nitrogen and oxygen atoms in total. The monoisotopic (exact) mass is 420 g/mol. The number of carboxylic acid groups (broad SMARTS) is 1. The Morgan fingerprint density at radius 3 is 2.57 bits per heavy atom. The van der Waals surface area contributed by atoms with Crippen molar-refractivity contribution in [3.63, 3.8) is 0 Å². The number of hydrogen-bond acceptors (Lipinski definition) is 3. The average molecular weight is 420 g/mol. The number of aromatic nitrogens is 2. The van der Waals surface area contributed by atoms with Crippen LogP contribution in [0.1, 0.15) is 29.4 Å². The van der Waals surface area contributed by atoms with Gasteiger partial charge in [0.2, 0.25) is 0 Å². The third-order valence-corrected chi connectivity index (χ3v) is 4.63. The van der Waals surface area contributed by atoms with Gasteiger partial charge in [-0.05, 0) is 36.8 Å². The Labute approximate surface area is 167 Å². The van der Waals surface area contributed by atoms with Gasteiger partial charge < -0.3 is 5.11 Å². The standard InChI is InChI=1S/C21H16F4N2O3/c1-3-18-26-16-10-15(22)12(7-8-19(28)29)9-13(16)20(30)27(18)17-6-4-5-14(11(17)2)21(23,24)25/h4-10H,3H2,1-2H3,(H,28,29). The summed E-state index contributed by atoms with van der Waals surface area (Å²) in [6, 6.07) is 5.65. The first-order valence-electron chi connectivity index (χ1n) is 8.88. The van der Waals surface area contributed by atoms with Crippen molar-refractivity contribution in [2.45, 2.75) is 26.4 Å². The summed E-state index contributed by atoms with van der Waals surface area (Å²) in [6.45, 7) is 2.94. The van der Waals surface area contributed by atoms with Gasteiger partial charge in [0.25, 0.3) is 5.56 Å². The van der Waals surface area contributed by atoms with Gasteiger partial charge in [-0.3, -0.25) is 9.36 Å². The van der Waals surface area contributed by atoms with Crippen molar-refractivity contribution in [2.24, 2.45) is 0 Å². The summed E-state index contributed by atoms with van der Waals surface area (Å²) in [4.78, 5) is 28.2. The number of rotatable bonds is 4. The number of carboxylic acids is 1. The highest BCUT2D eigenvalue weighted by Gasteiger charge is 2.33. The van der Waals surface area contributed by atoms with Gasteiger partial charge in [0, 0.05) is 24.1 Å². The zero-order valence-electron chi connectivity index (χ0n) is 15.9. The Kier molecular flexibility index (Phi) is 5.47. The van der Waals surface area contributed by atoms with Gasteiger partial charge >= 0.3 is 12.1 Å². The molecule has 1 aromatic heterocycles. The lowest BCUT2D eigenvalue weighted by Crippen LogP contribution is -2.25. The Bertz CT molecular complexity index is 1240. The molecule has 3 aromatic rings. The second kappa shape index (κ2) is 7.74. The van der Waals surface area contributed by atoms with Crippen molar-refractivity contribution in [1.29, 1.82) is 0 Å². The maximum atomic E-state index is 14.3. The molecule has 9 heteroatoms. The molecule has 0 amide bonds. The van der Waals surface area contributed by atoms with E-state index in [0.717, 1.165) is 28.8 Å². The summed E-state index contributed by atoms with van der Waals surface area (Å²) in [5.74, 6) is -1.91. The smallest absolute Gasteiger partial charge is 0.416 e. The fourth-order valence-electron chi connectivity index (χ4n) is 3.22. The topological polar surface area (TPSA) is 72.2 Å². The molecule has 156 valence electrons. The number of aliphatic carboxylic acids is 1. The average Bonchev–Trinajstić information content (AvgIpc) is 2.66. The number of fused-ring (bicyclic) bond motifs is 1. The number of aryl methyl sites for hydroxylation is 1. The second-order valence-electron chi connectivity index (χ2n) is 6.53. The van der Waals surface area contributed by atoms with E-state index in [4.69, 9.17) is 5.11 Å². The molecule has 0 bridgehead atoms. The fourth-order valence-corrected chi connectivity index (χ4v) is 3.22. The molecule has 1 heterocycles. The van der Waals surface area contributed by atoms with Crippen LogP contribution < -0.4 is 5.56 Å². The maximum Gasteiger partial charge on any atom is 0.416 e. The highest BCUT2D eigenvalue weighted by molar-refractivity contribution is 5.87. The number of carbonyl (C=O) groups is 1. The van der Waals surface area contributed by atoms with E-state index in [9.17, 15) is 27.2 Å². The van der Waals surface area contributed by atoms with Gasteiger partial charge in [-0.1, -0.05) is 13.0 Å². The molecule has 1 N–H and O–H groups in total. The summed E-state index contributed by atoms with van der Waals surface area (Å²) in [5, 5.41) is 8.69. The van der Waals surface area contributed by atoms with Crippen molar-refractivity contribution in [3.8, 4) is 5.69 Å². The van der Waals surface area contributed by atoms with E-state index in [1.54, 1.807) is 6.92 Å². The SMILES string of the molecule is CCc1nc2cc(F)c(C=CC(=O)O)cc2c(=O)n1-c1cccc(C(F)(F)F)c1C. The van der Waals surface area contributed by atoms with Crippen LogP contribution in [0.5, 0.6) is 0 Å². The van der Waals surface area contributed by atoms with E-state index in [-0.39, 0.29) is 40.0 Å². The molecule has 30 heavy (non-hydrogen) atoms. The molecule has 0 saturated carbocycles. The van der Waals surface area contributed by atoms with Crippen LogP contribution in [-0.2, 0) is 17.4 Å². The van der Waals surface area contributed by atoms with E-state index in [0.29, 0.717) is 6.08 Å². The maximum absolute atomic E-state index is 14.3. The molecule has 3 rings (SSSR count). The van der Waals surface area contributed by atoms with Crippen LogP contribution in [0.15, 0.2) is 41.2 Å². The minimum absolute atomic E-state index is 0.0213. The van der Waals surface area contributed by atoms with Crippen LogP contribution in [0.25, 0.3) is 22.7 Å². The van der Waals surface area contributed by atoms with E-state index < -0.39 is 29.1 Å². The highest BCUT2D eigenvalue weighted by atomic mass is 19.4. The molecule has 0 aliphatic rings. The van der Waals surface area contributed by atoms with Gasteiger partial charge in [0.05, 0.1) is 22.2 Å². The molecular formula is C21H16F4N2O3. The molecular weight excluding hydrogens is 404 g/mol. The molecule has 2 aromatic carbocycles. The van der Waals surface area contributed by atoms with Crippen molar-refractivity contribution >= 4 is 22.9 Å². The van der Waals surface area contributed by atoms with Gasteiger partial charge in [-0.25, -0.2) is 14.2 Å². The van der Waals surface area contributed by atoms with Crippen LogP contribution >= 0.6 is 0 Å². The fraction of sp³-hybridized carbons (Fsp3) is 0.190. The van der Waals surface area contributed by atoms with Gasteiger partial charge in [-0.2, -0.15) is 13.2 Å². The Morgan fingerprint density at radius 1 is 1.27 bits per heavy atom. The van der Waals surface area contributed by atoms with Crippen molar-refractivity contribution in [3.05, 3.63) is 75.1 Å². The van der Waals surface area contributed by atoms with E-state index >= 15 is 0 Å². The molecule has 0 atom stereocenters. The predicted molar refractivity (Wildman–Crippen MR) is 103 cm³/mol. The normalized spacial score (nSPS) is 12.1. The molecule has 0 aliphatic heterocycles. The van der Waals surface area contributed by atoms with Gasteiger partial charge in [0.15, 0.2) is 0 Å². The zero-order valence-corrected chi connectivity index (χ0v) is 15.9. The lowest BCUT2D eigenvalue weighted by molar-refractivity contribution is -0.138. The Morgan fingerprint density at radius 2 is 1.97 bits per heavy atom. The summed E-state index contributed by atoms with van der Waals surface area (Å²) < 4.78 is 55.4. The molecule has 0 saturated heterocycles. The number of benzene rings is 2. The second-order valence-corrected chi connectivity index (χ2v) is 6.53. The molecule has 0 radical (unpaired) electrons. The van der Waals surface area contributed by atoms with E-state index in [1.165, 1.54) is 19.1 Å². The number of alkyl halides is 3. The van der Waals surface area contributed by atoms with Crippen LogP contribution in [0.2, 0.25) is 0 Å². The lowest BCUT2D eigenvalue weighted by Gasteiger charge is -2.18. The zero-order chi connectivity index (χ0) is 22.2. The first kappa shape index (κ1) is 21.2. The molecule has 0 aliphatic carbocycles. The molecule has 0 fully saturated rings. The Balaban J connectivity index is 2.36. The number of nitrogens with zero attached hydrogens (tertiary/aromatic N) is 2. The van der Waals surface area contributed by atoms with Gasteiger partial charge in [-0.15, -0.1) is 0 Å². The lowest BCUT2D eigenvalue weighted by atomic mass is 10.1. The highest BCUT2D eigenvalue weighted by Crippen LogP contribution is 2.34. The van der Waals surface area contributed by atoms with E-state index in [2.05, 4.69) is 4.98 Å². The summed E-state index contributed by atoms with van der Waals surface area (Å²) >= 11 is 0. The first-order chi connectivity index (χ1) is 14.0. The van der Waals surface area contributed by atoms with Gasteiger partial charge in [0.1, 0.15) is 11.6 Å². The third-order valence-electron chi connectivity index (χ3n) is 4.63. The van der Waals surface area contributed by atoms with Crippen molar-refractivity contribution in [1.82, 2.24) is 9.55 Å². The molecule has 0 spiro atoms. The quantitative estimate of drug-likeness (QED) is 0.498. The minimum Gasteiger partial charge on any atom is -0.478 e. The van der Waals surface area contributed by atoms with Crippen molar-refractivity contribution in [2.75, 3.05) is 0 Å². The van der Waals surface area contributed by atoms with E-state index in [1.807, 2.05) is 0 Å². The largest absolute Gasteiger partial charge is 0.478 e. The van der Waals surface area contributed by atoms with Crippen LogP contribution in [0, 0.1) is 12.7 Å². The van der Waals surface area contributed by atoms with Crippen molar-refractivity contribution < 1.29 is 27.5 Å². The van der Waals surface area contributed by atoms with Crippen LogP contribution in [0.3, 0.4) is 0 Å². The minimum atomic E-state index is -4.60. The number of halogens is 4. The number of hydrogen-bond donors (Lipinski definition) is 1. The predicted octanol–water partition coefficient (Wildman–Crippen LogP) is 4.51. The third kappa shape index (κ3) is 3.83. The summed E-state index contributed by atoms with van der Waals surface area (Å²) in [6.07, 6.45) is -2.68. The molecule has 0 unspecified atom stereocenters. The van der Waals surface area contributed by atoms with Crippen LogP contribution in [0.4, 0.5) is 17.6 Å². The Hall–Kier alpha value is -3.49. The summed E-state index contributed by atoms with van der Waals surface area (Å²) in [7, 11) is 0. The summed E-state index contributed by atoms with van der Waals surface area (Å²) in [5.41, 5.74) is -1.80. The first-order valence-corrected chi connectivity index (χ1v) is 8.88.